The molecule has 1 heterocycles. The van der Waals surface area contributed by atoms with Crippen molar-refractivity contribution >= 4 is 16.7 Å². The van der Waals surface area contributed by atoms with E-state index in [9.17, 15) is 4.79 Å². The summed E-state index contributed by atoms with van der Waals surface area (Å²) in [5.74, 6) is 1.36. The molecular formula is C19H19NO4. The Hall–Kier alpha value is -2.79. The molecule has 2 aromatic carbocycles. The number of amides is 1. The summed E-state index contributed by atoms with van der Waals surface area (Å²) in [4.78, 5) is 11.9. The van der Waals surface area contributed by atoms with E-state index >= 15 is 0 Å². The minimum absolute atomic E-state index is 0.260. The molecule has 0 saturated carbocycles. The molecule has 0 aliphatic heterocycles. The van der Waals surface area contributed by atoms with Gasteiger partial charge in [-0.05, 0) is 35.0 Å². The van der Waals surface area contributed by atoms with Gasteiger partial charge in [0, 0.05) is 13.7 Å². The molecule has 1 N–H and O–H groups in total. The quantitative estimate of drug-likeness (QED) is 0.677. The molecule has 5 nitrogen and oxygen atoms in total. The van der Waals surface area contributed by atoms with Crippen molar-refractivity contribution in [2.75, 3.05) is 20.3 Å². The van der Waals surface area contributed by atoms with Crippen LogP contribution in [0.3, 0.4) is 0 Å². The van der Waals surface area contributed by atoms with Crippen LogP contribution in [-0.2, 0) is 11.3 Å². The lowest BCUT2D eigenvalue weighted by Crippen LogP contribution is -2.26. The Kier molecular flexibility index (Phi) is 5.13. The molecule has 24 heavy (non-hydrogen) atoms. The summed E-state index contributed by atoms with van der Waals surface area (Å²) in [6.45, 7) is 1.17. The normalized spacial score (nSPS) is 10.7. The number of furan rings is 1. The van der Waals surface area contributed by atoms with E-state index in [0.29, 0.717) is 18.9 Å². The van der Waals surface area contributed by atoms with Gasteiger partial charge in [0.2, 0.25) is 0 Å². The van der Waals surface area contributed by atoms with E-state index in [1.165, 1.54) is 0 Å². The smallest absolute Gasteiger partial charge is 0.287 e. The van der Waals surface area contributed by atoms with Gasteiger partial charge in [-0.2, -0.15) is 0 Å². The number of ether oxygens (including phenoxy) is 2. The summed E-state index contributed by atoms with van der Waals surface area (Å²) in [6.07, 6.45) is 0. The minimum Gasteiger partial charge on any atom is -0.486 e. The maximum atomic E-state index is 11.9. The van der Waals surface area contributed by atoms with Crippen LogP contribution in [0.25, 0.3) is 10.8 Å². The van der Waals surface area contributed by atoms with Crippen molar-refractivity contribution in [3.05, 3.63) is 66.1 Å². The Labute approximate surface area is 140 Å². The first-order valence-electron chi connectivity index (χ1n) is 7.74. The molecule has 0 fully saturated rings. The number of fused-ring (bicyclic) bond motifs is 1. The fourth-order valence-electron chi connectivity index (χ4n) is 2.34. The largest absolute Gasteiger partial charge is 0.486 e. The molecule has 0 unspecified atom stereocenters. The Morgan fingerprint density at radius 3 is 2.75 bits per heavy atom. The highest BCUT2D eigenvalue weighted by Crippen LogP contribution is 2.21. The van der Waals surface area contributed by atoms with Crippen molar-refractivity contribution in [1.82, 2.24) is 5.32 Å². The van der Waals surface area contributed by atoms with Crippen molar-refractivity contribution < 1.29 is 18.7 Å². The standard InChI is InChI=1S/C19H19NO4/c1-22-11-10-20-19(21)18-9-8-17(24-18)13-23-16-7-6-14-4-2-3-5-15(14)12-16/h2-9,12H,10-11,13H2,1H3,(H,20,21). The Balaban J connectivity index is 1.59. The fraction of sp³-hybridized carbons (Fsp3) is 0.211. The number of carbonyl (C=O) groups is 1. The van der Waals surface area contributed by atoms with Crippen molar-refractivity contribution in [2.24, 2.45) is 0 Å². The average Bonchev–Trinajstić information content (AvgIpc) is 3.09. The number of nitrogens with one attached hydrogen (secondary N) is 1. The zero-order valence-electron chi connectivity index (χ0n) is 13.5. The Morgan fingerprint density at radius 2 is 1.92 bits per heavy atom. The van der Waals surface area contributed by atoms with E-state index < -0.39 is 0 Å². The second-order valence-corrected chi connectivity index (χ2v) is 5.31. The highest BCUT2D eigenvalue weighted by atomic mass is 16.5. The van der Waals surface area contributed by atoms with E-state index in [2.05, 4.69) is 11.4 Å². The molecule has 0 aliphatic rings. The lowest BCUT2D eigenvalue weighted by molar-refractivity contribution is 0.0905. The predicted octanol–water partition coefficient (Wildman–Crippen LogP) is 3.39. The van der Waals surface area contributed by atoms with Crippen molar-refractivity contribution in [1.29, 1.82) is 0 Å². The number of carbonyl (C=O) groups excluding carboxylic acids is 1. The molecule has 0 spiro atoms. The van der Waals surface area contributed by atoms with Crippen LogP contribution in [-0.4, -0.2) is 26.2 Å². The van der Waals surface area contributed by atoms with E-state index in [1.54, 1.807) is 19.2 Å². The van der Waals surface area contributed by atoms with Crippen LogP contribution in [0.15, 0.2) is 59.0 Å². The topological polar surface area (TPSA) is 60.7 Å². The van der Waals surface area contributed by atoms with Crippen LogP contribution in [0, 0.1) is 0 Å². The van der Waals surface area contributed by atoms with Gasteiger partial charge in [0.05, 0.1) is 6.61 Å². The number of methoxy groups -OCH3 is 1. The third-order valence-corrected chi connectivity index (χ3v) is 3.58. The molecule has 0 saturated heterocycles. The molecule has 0 aliphatic carbocycles. The van der Waals surface area contributed by atoms with Crippen LogP contribution < -0.4 is 10.1 Å². The highest BCUT2D eigenvalue weighted by molar-refractivity contribution is 5.91. The van der Waals surface area contributed by atoms with E-state index in [1.807, 2.05) is 36.4 Å². The zero-order chi connectivity index (χ0) is 16.8. The summed E-state index contributed by atoms with van der Waals surface area (Å²) < 4.78 is 16.1. The lowest BCUT2D eigenvalue weighted by atomic mass is 10.1. The van der Waals surface area contributed by atoms with Crippen LogP contribution in [0.1, 0.15) is 16.3 Å². The molecule has 124 valence electrons. The van der Waals surface area contributed by atoms with Crippen molar-refractivity contribution in [3.63, 3.8) is 0 Å². The van der Waals surface area contributed by atoms with Gasteiger partial charge >= 0.3 is 0 Å². The van der Waals surface area contributed by atoms with Crippen LogP contribution >= 0.6 is 0 Å². The second kappa shape index (κ2) is 7.66. The van der Waals surface area contributed by atoms with E-state index in [0.717, 1.165) is 16.5 Å². The van der Waals surface area contributed by atoms with Gasteiger partial charge in [-0.1, -0.05) is 30.3 Å². The number of hydrogen-bond acceptors (Lipinski definition) is 4. The first-order valence-corrected chi connectivity index (χ1v) is 7.74. The summed E-state index contributed by atoms with van der Waals surface area (Å²) in [7, 11) is 1.58. The molecule has 0 atom stereocenters. The monoisotopic (exact) mass is 325 g/mol. The fourth-order valence-corrected chi connectivity index (χ4v) is 2.34. The molecular weight excluding hydrogens is 306 g/mol. The van der Waals surface area contributed by atoms with E-state index in [4.69, 9.17) is 13.9 Å². The van der Waals surface area contributed by atoms with Gasteiger partial charge in [-0.3, -0.25) is 4.79 Å². The summed E-state index contributed by atoms with van der Waals surface area (Å²) in [5, 5.41) is 4.99. The third-order valence-electron chi connectivity index (χ3n) is 3.58. The lowest BCUT2D eigenvalue weighted by Gasteiger charge is -2.06. The van der Waals surface area contributed by atoms with Crippen LogP contribution in [0.2, 0.25) is 0 Å². The van der Waals surface area contributed by atoms with Gasteiger partial charge in [0.25, 0.3) is 5.91 Å². The Morgan fingerprint density at radius 1 is 1.08 bits per heavy atom. The molecule has 3 rings (SSSR count). The zero-order valence-corrected chi connectivity index (χ0v) is 13.5. The minimum atomic E-state index is -0.260. The molecule has 1 amide bonds. The molecule has 1 aromatic heterocycles. The van der Waals surface area contributed by atoms with E-state index in [-0.39, 0.29) is 18.3 Å². The summed E-state index contributed by atoms with van der Waals surface area (Å²) >= 11 is 0. The maximum absolute atomic E-state index is 11.9. The Bertz CT molecular complexity index is 825. The van der Waals surface area contributed by atoms with Gasteiger partial charge in [0.15, 0.2) is 5.76 Å². The molecule has 0 bridgehead atoms. The van der Waals surface area contributed by atoms with Crippen molar-refractivity contribution in [3.8, 4) is 5.75 Å². The number of hydrogen-bond donors (Lipinski definition) is 1. The van der Waals surface area contributed by atoms with Gasteiger partial charge < -0.3 is 19.2 Å². The summed E-state index contributed by atoms with van der Waals surface area (Å²) in [5.41, 5.74) is 0. The summed E-state index contributed by atoms with van der Waals surface area (Å²) in [6, 6.07) is 17.4. The van der Waals surface area contributed by atoms with Crippen molar-refractivity contribution in [2.45, 2.75) is 6.61 Å². The first-order chi connectivity index (χ1) is 11.8. The highest BCUT2D eigenvalue weighted by Gasteiger charge is 2.11. The maximum Gasteiger partial charge on any atom is 0.287 e. The third kappa shape index (κ3) is 3.94. The van der Waals surface area contributed by atoms with Gasteiger partial charge in [0.1, 0.15) is 18.1 Å². The molecule has 0 radical (unpaired) electrons. The van der Waals surface area contributed by atoms with Gasteiger partial charge in [-0.25, -0.2) is 0 Å². The van der Waals surface area contributed by atoms with Crippen LogP contribution in [0.4, 0.5) is 0 Å². The van der Waals surface area contributed by atoms with Gasteiger partial charge in [-0.15, -0.1) is 0 Å². The predicted molar refractivity (Wildman–Crippen MR) is 91.2 cm³/mol. The number of rotatable bonds is 7. The average molecular weight is 325 g/mol. The molecule has 5 heteroatoms. The second-order valence-electron chi connectivity index (χ2n) is 5.31. The first kappa shape index (κ1) is 16.1. The van der Waals surface area contributed by atoms with Crippen LogP contribution in [0.5, 0.6) is 5.75 Å². The molecule has 3 aromatic rings. The SMILES string of the molecule is COCCNC(=O)c1ccc(COc2ccc3ccccc3c2)o1. The number of benzene rings is 2.